The maximum absolute atomic E-state index is 15.4. The van der Waals surface area contributed by atoms with Crippen molar-refractivity contribution in [3.8, 4) is 0 Å². The molecule has 8 heteroatoms. The van der Waals surface area contributed by atoms with E-state index in [1.165, 1.54) is 24.3 Å². The van der Waals surface area contributed by atoms with Crippen molar-refractivity contribution in [1.29, 1.82) is 0 Å². The minimum atomic E-state index is -0.702. The number of benzene rings is 4. The Morgan fingerprint density at radius 1 is 0.958 bits per heavy atom. The van der Waals surface area contributed by atoms with Gasteiger partial charge in [-0.05, 0) is 78.3 Å². The summed E-state index contributed by atoms with van der Waals surface area (Å²) < 4.78 is 26.7. The number of H-pyrrole nitrogens is 1. The predicted molar refractivity (Wildman–Crippen MR) is 184 cm³/mol. The third kappa shape index (κ3) is 7.56. The van der Waals surface area contributed by atoms with E-state index in [4.69, 9.17) is 14.5 Å². The molecule has 5 aromatic rings. The number of esters is 1. The van der Waals surface area contributed by atoms with Gasteiger partial charge in [-0.3, -0.25) is 9.59 Å². The Morgan fingerprint density at radius 3 is 2.29 bits per heavy atom. The quantitative estimate of drug-likeness (QED) is 0.140. The van der Waals surface area contributed by atoms with Crippen molar-refractivity contribution in [1.82, 2.24) is 15.3 Å². The molecular weight excluding hydrogens is 605 g/mol. The first kappa shape index (κ1) is 33.2. The fraction of sp³-hybridized carbons (Fsp3) is 0.325. The Hall–Kier alpha value is -4.66. The van der Waals surface area contributed by atoms with Crippen LogP contribution in [0.3, 0.4) is 0 Å². The second-order valence-corrected chi connectivity index (χ2v) is 12.7. The molecule has 1 fully saturated rings. The van der Waals surface area contributed by atoms with Crippen molar-refractivity contribution in [2.75, 3.05) is 20.3 Å². The van der Waals surface area contributed by atoms with Crippen LogP contribution in [0.4, 0.5) is 4.39 Å². The molecule has 1 aliphatic rings. The zero-order valence-corrected chi connectivity index (χ0v) is 27.7. The number of Topliss-reactive ketones (excluding diaryl/α,β-unsaturated/α-hetero) is 1. The Labute approximate surface area is 280 Å². The number of fused-ring (bicyclic) bond motifs is 1. The summed E-state index contributed by atoms with van der Waals surface area (Å²) in [6, 6.07) is 28.5. The van der Waals surface area contributed by atoms with E-state index in [1.54, 1.807) is 6.07 Å². The third-order valence-corrected chi connectivity index (χ3v) is 9.58. The maximum Gasteiger partial charge on any atom is 0.306 e. The van der Waals surface area contributed by atoms with Gasteiger partial charge in [0.1, 0.15) is 17.4 Å². The van der Waals surface area contributed by atoms with E-state index < -0.39 is 11.9 Å². The molecule has 2 N–H and O–H groups in total. The van der Waals surface area contributed by atoms with Gasteiger partial charge in [0.2, 0.25) is 0 Å². The van der Waals surface area contributed by atoms with Crippen molar-refractivity contribution in [2.45, 2.75) is 57.6 Å². The largest absolute Gasteiger partial charge is 0.469 e. The van der Waals surface area contributed by atoms with Crippen molar-refractivity contribution in [2.24, 2.45) is 5.92 Å². The minimum Gasteiger partial charge on any atom is -0.469 e. The average molecular weight is 648 g/mol. The van der Waals surface area contributed by atoms with Gasteiger partial charge in [0.25, 0.3) is 0 Å². The molecular formula is C40H42FN3O4. The molecule has 7 nitrogen and oxygen atoms in total. The Bertz CT molecular complexity index is 1790. The van der Waals surface area contributed by atoms with E-state index in [0.717, 1.165) is 28.0 Å². The summed E-state index contributed by atoms with van der Waals surface area (Å²) in [7, 11) is 1.33. The summed E-state index contributed by atoms with van der Waals surface area (Å²) in [4.78, 5) is 35.1. The van der Waals surface area contributed by atoms with E-state index in [2.05, 4.69) is 36.3 Å². The predicted octanol–water partition coefficient (Wildman–Crippen LogP) is 7.10. The third-order valence-electron chi connectivity index (χ3n) is 9.58. The number of halogens is 1. The lowest BCUT2D eigenvalue weighted by Gasteiger charge is -2.29. The topological polar surface area (TPSA) is 93.3 Å². The number of imidazole rings is 1. The van der Waals surface area contributed by atoms with Crippen molar-refractivity contribution in [3.05, 3.63) is 136 Å². The molecule has 0 aliphatic carbocycles. The first-order chi connectivity index (χ1) is 23.3. The van der Waals surface area contributed by atoms with E-state index >= 15 is 4.39 Å². The van der Waals surface area contributed by atoms with Gasteiger partial charge < -0.3 is 19.8 Å². The second kappa shape index (κ2) is 15.0. The minimum absolute atomic E-state index is 0.00176. The van der Waals surface area contributed by atoms with Crippen LogP contribution in [0.1, 0.15) is 64.0 Å². The molecule has 0 bridgehead atoms. The van der Waals surface area contributed by atoms with Gasteiger partial charge in [-0.2, -0.15) is 0 Å². The van der Waals surface area contributed by atoms with Gasteiger partial charge in [-0.15, -0.1) is 0 Å². The molecule has 248 valence electrons. The SMILES string of the molecule is COC(=O)C[C@H](C(=O)Cc1cccc(F)c1CC[C@@H]1CN[C@H](c2nc3cc(C)c(C)cc3[nH]2)CO1)C(c1ccccc1)c1ccccc1. The highest BCUT2D eigenvalue weighted by Gasteiger charge is 2.34. The van der Waals surface area contributed by atoms with Crippen molar-refractivity contribution < 1.29 is 23.5 Å². The molecule has 1 saturated heterocycles. The molecule has 48 heavy (non-hydrogen) atoms. The monoisotopic (exact) mass is 647 g/mol. The Balaban J connectivity index is 1.16. The van der Waals surface area contributed by atoms with Crippen molar-refractivity contribution in [3.63, 3.8) is 0 Å². The maximum atomic E-state index is 15.4. The summed E-state index contributed by atoms with van der Waals surface area (Å²) in [5.74, 6) is -1.17. The Morgan fingerprint density at radius 2 is 1.65 bits per heavy atom. The van der Waals surface area contributed by atoms with E-state index in [-0.39, 0.29) is 42.5 Å². The fourth-order valence-corrected chi connectivity index (χ4v) is 6.77. The molecule has 0 amide bonds. The van der Waals surface area contributed by atoms with Crippen LogP contribution >= 0.6 is 0 Å². The highest BCUT2D eigenvalue weighted by atomic mass is 19.1. The summed E-state index contributed by atoms with van der Waals surface area (Å²) in [6.45, 7) is 5.21. The number of hydrogen-bond donors (Lipinski definition) is 2. The molecule has 0 radical (unpaired) electrons. The summed E-state index contributed by atoms with van der Waals surface area (Å²) in [5, 5.41) is 3.55. The van der Waals surface area contributed by atoms with Crippen LogP contribution in [0, 0.1) is 25.6 Å². The van der Waals surface area contributed by atoms with Crippen LogP contribution in [-0.2, 0) is 31.9 Å². The standard InChI is InChI=1S/C40H42FN3O4/c1-25-19-34-35(20-26(25)2)44-40(43-34)36-24-48-30(23-42-36)17-18-31-29(15-10-16-33(31)41)21-37(45)32(22-38(46)47-3)39(27-11-6-4-7-12-27)28-13-8-5-9-14-28/h4-16,19-20,30,32,36,39,42H,17-18,21-24H2,1-3H3,(H,43,44)/t30-,32-,36+/m1/s1. The fourth-order valence-electron chi connectivity index (χ4n) is 6.77. The van der Waals surface area contributed by atoms with Crippen LogP contribution in [0.15, 0.2) is 91.0 Å². The average Bonchev–Trinajstić information content (AvgIpc) is 3.51. The summed E-state index contributed by atoms with van der Waals surface area (Å²) >= 11 is 0. The highest BCUT2D eigenvalue weighted by Crippen LogP contribution is 2.36. The van der Waals surface area contributed by atoms with Crippen LogP contribution in [0.5, 0.6) is 0 Å². The molecule has 2 heterocycles. The first-order valence-corrected chi connectivity index (χ1v) is 16.6. The molecule has 1 aliphatic heterocycles. The number of aryl methyl sites for hydroxylation is 2. The van der Waals surface area contributed by atoms with Crippen LogP contribution < -0.4 is 5.32 Å². The van der Waals surface area contributed by atoms with Gasteiger partial charge in [0, 0.05) is 24.8 Å². The second-order valence-electron chi connectivity index (χ2n) is 12.7. The number of nitrogens with one attached hydrogen (secondary N) is 2. The lowest BCUT2D eigenvalue weighted by atomic mass is 9.75. The number of aromatic amines is 1. The van der Waals surface area contributed by atoms with Crippen molar-refractivity contribution >= 4 is 22.8 Å². The van der Waals surface area contributed by atoms with Gasteiger partial charge in [0.05, 0.1) is 43.3 Å². The van der Waals surface area contributed by atoms with Crippen LogP contribution in [0.2, 0.25) is 0 Å². The lowest BCUT2D eigenvalue weighted by Crippen LogP contribution is -2.41. The smallest absolute Gasteiger partial charge is 0.306 e. The van der Waals surface area contributed by atoms with Crippen LogP contribution in [0.25, 0.3) is 11.0 Å². The number of hydrogen-bond acceptors (Lipinski definition) is 6. The molecule has 0 spiro atoms. The number of methoxy groups -OCH3 is 1. The van der Waals surface area contributed by atoms with E-state index in [1.807, 2.05) is 66.7 Å². The summed E-state index contributed by atoms with van der Waals surface area (Å²) in [5.41, 5.74) is 7.35. The van der Waals surface area contributed by atoms with Gasteiger partial charge in [0.15, 0.2) is 0 Å². The normalized spacial score (nSPS) is 17.0. The lowest BCUT2D eigenvalue weighted by molar-refractivity contribution is -0.144. The number of morpholine rings is 1. The van der Waals surface area contributed by atoms with Gasteiger partial charge >= 0.3 is 5.97 Å². The van der Waals surface area contributed by atoms with Crippen LogP contribution in [-0.4, -0.2) is 48.1 Å². The molecule has 4 aromatic carbocycles. The number of aromatic nitrogens is 2. The molecule has 0 unspecified atom stereocenters. The zero-order chi connectivity index (χ0) is 33.6. The summed E-state index contributed by atoms with van der Waals surface area (Å²) in [6.07, 6.45) is 0.801. The number of rotatable bonds is 12. The molecule has 3 atom stereocenters. The van der Waals surface area contributed by atoms with E-state index in [9.17, 15) is 9.59 Å². The zero-order valence-electron chi connectivity index (χ0n) is 27.7. The first-order valence-electron chi connectivity index (χ1n) is 16.6. The Kier molecular flexibility index (Phi) is 10.4. The van der Waals surface area contributed by atoms with Gasteiger partial charge in [-0.25, -0.2) is 9.37 Å². The number of nitrogens with zero attached hydrogens (tertiary/aromatic N) is 1. The highest BCUT2D eigenvalue weighted by molar-refractivity contribution is 5.88. The number of ketones is 1. The number of carbonyl (C=O) groups excluding carboxylic acids is 2. The van der Waals surface area contributed by atoms with Gasteiger partial charge in [-0.1, -0.05) is 72.8 Å². The molecule has 6 rings (SSSR count). The molecule has 0 saturated carbocycles. The molecule has 1 aromatic heterocycles. The number of ether oxygens (including phenoxy) is 2. The van der Waals surface area contributed by atoms with E-state index in [0.29, 0.717) is 37.1 Å². The number of carbonyl (C=O) groups is 2.